The molecule has 1 heterocycles. The molecule has 6 atom stereocenters. The number of carbonyl (C=O) groups excluding carboxylic acids is 3. The molecule has 0 aliphatic heterocycles. The second-order valence-corrected chi connectivity index (χ2v) is 12.8. The maximum Gasteiger partial charge on any atom is 0.408 e. The highest BCUT2D eigenvalue weighted by molar-refractivity contribution is 5.91. The zero-order valence-electron chi connectivity index (χ0n) is 26.3. The number of H-pyrrole nitrogens is 1. The van der Waals surface area contributed by atoms with Gasteiger partial charge in [-0.25, -0.2) is 9.78 Å². The van der Waals surface area contributed by atoms with Gasteiger partial charge in [-0.2, -0.15) is 0 Å². The maximum absolute atomic E-state index is 13.8. The molecule has 13 nitrogen and oxygen atoms in total. The van der Waals surface area contributed by atoms with Crippen LogP contribution in [0, 0.1) is 5.92 Å². The molecule has 8 N–H and O–H groups in total. The fraction of sp³-hybridized carbons (Fsp3) is 0.625. The third kappa shape index (κ3) is 12.1. The molecule has 1 aliphatic carbocycles. The van der Waals surface area contributed by atoms with Crippen molar-refractivity contribution in [3.63, 3.8) is 0 Å². The lowest BCUT2D eigenvalue weighted by Crippen LogP contribution is -2.59. The molecule has 0 bridgehead atoms. The smallest absolute Gasteiger partial charge is 0.408 e. The summed E-state index contributed by atoms with van der Waals surface area (Å²) in [6.07, 6.45) is 2.64. The molecule has 0 unspecified atom stereocenters. The average Bonchev–Trinajstić information content (AvgIpc) is 3.52. The number of amides is 3. The van der Waals surface area contributed by atoms with Gasteiger partial charge in [0.1, 0.15) is 36.0 Å². The molecule has 1 aromatic heterocycles. The summed E-state index contributed by atoms with van der Waals surface area (Å²) in [6, 6.07) is 5.85. The molecule has 3 amide bonds. The third-order valence-electron chi connectivity index (χ3n) is 7.89. The number of nitrogens with one attached hydrogen (secondary N) is 4. The highest BCUT2D eigenvalue weighted by Gasteiger charge is 2.36. The molecule has 3 rings (SSSR count). The van der Waals surface area contributed by atoms with E-state index in [1.807, 2.05) is 30.3 Å². The quantitative estimate of drug-likeness (QED) is 0.141. The number of aromatic amines is 1. The number of alkyl carbamates (subject to hydrolysis) is 1. The van der Waals surface area contributed by atoms with Crippen molar-refractivity contribution < 1.29 is 39.5 Å². The zero-order valence-corrected chi connectivity index (χ0v) is 26.3. The largest absolute Gasteiger partial charge is 0.444 e. The highest BCUT2D eigenvalue weighted by Crippen LogP contribution is 2.28. The van der Waals surface area contributed by atoms with Crippen molar-refractivity contribution in [2.75, 3.05) is 6.61 Å². The summed E-state index contributed by atoms with van der Waals surface area (Å²) in [4.78, 5) is 47.2. The van der Waals surface area contributed by atoms with Gasteiger partial charge in [0.25, 0.3) is 0 Å². The minimum atomic E-state index is -1.71. The van der Waals surface area contributed by atoms with Crippen LogP contribution in [0.15, 0.2) is 42.9 Å². The second-order valence-electron chi connectivity index (χ2n) is 12.8. The van der Waals surface area contributed by atoms with Crippen molar-refractivity contribution in [2.24, 2.45) is 5.92 Å². The first-order chi connectivity index (χ1) is 21.4. The fourth-order valence-electron chi connectivity index (χ4n) is 5.53. The lowest BCUT2D eigenvalue weighted by molar-refractivity contribution is -0.132. The van der Waals surface area contributed by atoms with E-state index in [-0.39, 0.29) is 18.8 Å². The summed E-state index contributed by atoms with van der Waals surface area (Å²) in [7, 11) is 0. The third-order valence-corrected chi connectivity index (χ3v) is 7.89. The van der Waals surface area contributed by atoms with Gasteiger partial charge in [-0.1, -0.05) is 62.4 Å². The van der Waals surface area contributed by atoms with Gasteiger partial charge in [0.2, 0.25) is 11.8 Å². The number of imidazole rings is 1. The summed E-state index contributed by atoms with van der Waals surface area (Å²) in [5.41, 5.74) is 0.522. The van der Waals surface area contributed by atoms with Gasteiger partial charge in [-0.05, 0) is 38.7 Å². The highest BCUT2D eigenvalue weighted by atomic mass is 16.6. The predicted octanol–water partition coefficient (Wildman–Crippen LogP) is 1.10. The summed E-state index contributed by atoms with van der Waals surface area (Å²) in [5, 5.41) is 49.1. The fourth-order valence-corrected chi connectivity index (χ4v) is 5.53. The van der Waals surface area contributed by atoms with Crippen LogP contribution in [0.5, 0.6) is 0 Å². The number of nitrogens with zero attached hydrogens (tertiary/aromatic N) is 1. The average molecular weight is 632 g/mol. The van der Waals surface area contributed by atoms with E-state index in [1.165, 1.54) is 12.5 Å². The van der Waals surface area contributed by atoms with E-state index in [0.717, 1.165) is 37.7 Å². The van der Waals surface area contributed by atoms with E-state index in [2.05, 4.69) is 25.9 Å². The molecule has 1 fully saturated rings. The molecule has 250 valence electrons. The van der Waals surface area contributed by atoms with Crippen LogP contribution in [0.1, 0.15) is 70.6 Å². The first-order valence-corrected chi connectivity index (χ1v) is 15.6. The van der Waals surface area contributed by atoms with Crippen molar-refractivity contribution in [3.05, 3.63) is 54.1 Å². The van der Waals surface area contributed by atoms with Crippen molar-refractivity contribution in [3.8, 4) is 0 Å². The number of benzene rings is 1. The van der Waals surface area contributed by atoms with Gasteiger partial charge < -0.3 is 46.1 Å². The number of aliphatic hydroxyl groups excluding tert-OH is 4. The minimum Gasteiger partial charge on any atom is -0.444 e. The number of rotatable bonds is 15. The Kier molecular flexibility index (Phi) is 13.8. The number of ether oxygens (including phenoxy) is 1. The van der Waals surface area contributed by atoms with Crippen LogP contribution in [-0.4, -0.2) is 96.9 Å². The topological polar surface area (TPSA) is 206 Å². The van der Waals surface area contributed by atoms with Crippen LogP contribution in [0.4, 0.5) is 4.79 Å². The monoisotopic (exact) mass is 631 g/mol. The van der Waals surface area contributed by atoms with E-state index in [9.17, 15) is 34.8 Å². The number of hydrogen-bond acceptors (Lipinski definition) is 9. The van der Waals surface area contributed by atoms with Gasteiger partial charge in [-0.15, -0.1) is 0 Å². The van der Waals surface area contributed by atoms with Crippen molar-refractivity contribution in [1.29, 1.82) is 0 Å². The molecule has 2 aromatic rings. The van der Waals surface area contributed by atoms with Crippen LogP contribution >= 0.6 is 0 Å². The van der Waals surface area contributed by atoms with Gasteiger partial charge in [-0.3, -0.25) is 9.59 Å². The standard InChI is InChI=1S/C32H49N5O8/c1-32(2,3)45-31(44)37-24(15-21-12-8-5-9-13-21)29(42)36-25(16-22-17-33-19-34-22)30(43)35-23(14-20-10-6-4-7-11-20)27(40)28(41)26(39)18-38/h5,8-9,12-13,17,19-20,23-28,38-41H,4,6-7,10-11,14-16,18H2,1-3H3,(H,33,34)(H,35,43)(H,36,42)(H,37,44)/t23-,24-,25-,26+,27+,28-/m0/s1. The Morgan fingerprint density at radius 2 is 1.58 bits per heavy atom. The Labute approximate surface area is 264 Å². The normalized spacial score (nSPS) is 18.1. The number of aromatic nitrogens is 2. The van der Waals surface area contributed by atoms with Crippen LogP contribution in [-0.2, 0) is 27.2 Å². The Bertz CT molecular complexity index is 1180. The molecule has 1 saturated carbocycles. The van der Waals surface area contributed by atoms with Gasteiger partial charge >= 0.3 is 6.09 Å². The predicted molar refractivity (Wildman–Crippen MR) is 166 cm³/mol. The number of carbonyl (C=O) groups is 3. The van der Waals surface area contributed by atoms with Crippen molar-refractivity contribution in [2.45, 2.75) is 114 Å². The summed E-state index contributed by atoms with van der Waals surface area (Å²) in [6.45, 7) is 4.35. The molecule has 13 heteroatoms. The lowest BCUT2D eigenvalue weighted by atomic mass is 9.82. The van der Waals surface area contributed by atoms with E-state index in [0.29, 0.717) is 12.1 Å². The first kappa shape index (κ1) is 36.0. The summed E-state index contributed by atoms with van der Waals surface area (Å²) >= 11 is 0. The van der Waals surface area contributed by atoms with Gasteiger partial charge in [0, 0.05) is 24.7 Å². The Balaban J connectivity index is 1.84. The van der Waals surface area contributed by atoms with E-state index in [4.69, 9.17) is 4.74 Å². The molecule has 1 aromatic carbocycles. The van der Waals surface area contributed by atoms with Crippen LogP contribution in [0.25, 0.3) is 0 Å². The molecule has 0 radical (unpaired) electrons. The van der Waals surface area contributed by atoms with Gasteiger partial charge in [0.05, 0.1) is 19.0 Å². The maximum atomic E-state index is 13.8. The lowest BCUT2D eigenvalue weighted by Gasteiger charge is -2.34. The minimum absolute atomic E-state index is 0.0100. The SMILES string of the molecule is CC(C)(C)OC(=O)N[C@@H](Cc1ccccc1)C(=O)N[C@@H](Cc1cnc[nH]1)C(=O)N[C@@H](CC1CCCCC1)[C@@H](O)[C@@H](O)[C@H](O)CO. The number of aliphatic hydroxyl groups is 4. The molecule has 45 heavy (non-hydrogen) atoms. The van der Waals surface area contributed by atoms with Gasteiger partial charge in [0.15, 0.2) is 0 Å². The van der Waals surface area contributed by atoms with Crippen molar-refractivity contribution in [1.82, 2.24) is 25.9 Å². The Morgan fingerprint density at radius 1 is 0.933 bits per heavy atom. The molecule has 0 spiro atoms. The molecular formula is C32H49N5O8. The molecule has 1 aliphatic rings. The van der Waals surface area contributed by atoms with Crippen molar-refractivity contribution >= 4 is 17.9 Å². The van der Waals surface area contributed by atoms with Crippen LogP contribution in [0.3, 0.4) is 0 Å². The first-order valence-electron chi connectivity index (χ1n) is 15.6. The summed E-state index contributed by atoms with van der Waals surface area (Å²) < 4.78 is 5.38. The number of hydrogen-bond donors (Lipinski definition) is 8. The Morgan fingerprint density at radius 3 is 2.18 bits per heavy atom. The zero-order chi connectivity index (χ0) is 33.0. The van der Waals surface area contributed by atoms with E-state index in [1.54, 1.807) is 20.8 Å². The van der Waals surface area contributed by atoms with E-state index >= 15 is 0 Å². The summed E-state index contributed by atoms with van der Waals surface area (Å²) in [5.74, 6) is -1.10. The Hall–Kier alpha value is -3.52. The van der Waals surface area contributed by atoms with E-state index < -0.39 is 66.6 Å². The molecular weight excluding hydrogens is 582 g/mol. The second kappa shape index (κ2) is 17.2. The van der Waals surface area contributed by atoms with Crippen LogP contribution < -0.4 is 16.0 Å². The van der Waals surface area contributed by atoms with Crippen LogP contribution in [0.2, 0.25) is 0 Å². The molecule has 0 saturated heterocycles.